The molecule has 1 N–H and O–H groups in total. The Balaban J connectivity index is 1.14. The monoisotopic (exact) mass is 496 g/mol. The molecule has 7 unspecified atom stereocenters. The third kappa shape index (κ3) is 3.90. The molecule has 4 aliphatic rings. The lowest BCUT2D eigenvalue weighted by molar-refractivity contribution is -0.129. The first-order chi connectivity index (χ1) is 17.2. The van der Waals surface area contributed by atoms with Crippen molar-refractivity contribution in [3.63, 3.8) is 0 Å². The second-order valence-electron chi connectivity index (χ2n) is 13.4. The number of fused-ring (bicyclic) bond motifs is 6. The Labute approximate surface area is 214 Å². The van der Waals surface area contributed by atoms with Gasteiger partial charge in [-0.2, -0.15) is 0 Å². The van der Waals surface area contributed by atoms with Gasteiger partial charge in [0.1, 0.15) is 5.82 Å². The summed E-state index contributed by atoms with van der Waals surface area (Å²) in [6.07, 6.45) is 14.7. The average molecular weight is 497 g/mol. The lowest BCUT2D eigenvalue weighted by Gasteiger charge is -2.61. The van der Waals surface area contributed by atoms with E-state index in [9.17, 15) is 13.9 Å². The Kier molecular flexibility index (Phi) is 6.17. The van der Waals surface area contributed by atoms with Gasteiger partial charge in [0.25, 0.3) is 0 Å². The highest BCUT2D eigenvalue weighted by molar-refractivity contribution is 5.77. The van der Waals surface area contributed by atoms with Gasteiger partial charge in [0.15, 0.2) is 11.6 Å². The van der Waals surface area contributed by atoms with E-state index in [4.69, 9.17) is 0 Å². The summed E-state index contributed by atoms with van der Waals surface area (Å²) in [5.74, 6) is 3.60. The topological polar surface area (TPSA) is 46.0 Å². The Morgan fingerprint density at radius 2 is 1.72 bits per heavy atom. The number of aliphatic hydroxyl groups excluding tert-OH is 1. The van der Waals surface area contributed by atoms with Crippen molar-refractivity contribution in [3.8, 4) is 0 Å². The van der Waals surface area contributed by atoms with E-state index in [1.54, 1.807) is 6.20 Å². The van der Waals surface area contributed by atoms with Crippen molar-refractivity contribution < 1.29 is 13.9 Å². The molecule has 0 amide bonds. The fourth-order valence-corrected chi connectivity index (χ4v) is 9.95. The summed E-state index contributed by atoms with van der Waals surface area (Å²) in [6, 6.07) is 2.36. The van der Waals surface area contributed by atoms with Crippen molar-refractivity contribution in [3.05, 3.63) is 35.8 Å². The molecule has 0 bridgehead atoms. The fraction of sp³-hybridized carbons (Fsp3) is 0.742. The van der Waals surface area contributed by atoms with Gasteiger partial charge in [-0.25, -0.2) is 18.7 Å². The molecule has 5 heteroatoms. The average Bonchev–Trinajstić information content (AvgIpc) is 3.21. The largest absolute Gasteiger partial charge is 0.393 e. The van der Waals surface area contributed by atoms with Crippen LogP contribution in [0.25, 0.3) is 10.9 Å². The second-order valence-corrected chi connectivity index (χ2v) is 13.4. The minimum Gasteiger partial charge on any atom is -0.393 e. The van der Waals surface area contributed by atoms with Crippen LogP contribution in [0.3, 0.4) is 0 Å². The molecule has 1 heterocycles. The molecule has 4 saturated carbocycles. The maximum Gasteiger partial charge on any atom is 0.161 e. The molecular weight excluding hydrogens is 454 g/mol. The summed E-state index contributed by atoms with van der Waals surface area (Å²) in [6.45, 7) is 7.59. The summed E-state index contributed by atoms with van der Waals surface area (Å²) in [5.41, 5.74) is 1.34. The zero-order valence-corrected chi connectivity index (χ0v) is 22.1. The van der Waals surface area contributed by atoms with E-state index in [2.05, 4.69) is 30.7 Å². The maximum atomic E-state index is 13.7. The summed E-state index contributed by atoms with van der Waals surface area (Å²) in [4.78, 5) is 9.01. The van der Waals surface area contributed by atoms with Gasteiger partial charge in [0.05, 0.1) is 11.6 Å². The number of hydrogen-bond donors (Lipinski definition) is 1. The predicted molar refractivity (Wildman–Crippen MR) is 138 cm³/mol. The zero-order valence-electron chi connectivity index (χ0n) is 22.1. The quantitative estimate of drug-likeness (QED) is 0.477. The van der Waals surface area contributed by atoms with Crippen molar-refractivity contribution in [1.29, 1.82) is 0 Å². The van der Waals surface area contributed by atoms with E-state index in [1.807, 2.05) is 0 Å². The van der Waals surface area contributed by atoms with E-state index in [-0.39, 0.29) is 6.10 Å². The van der Waals surface area contributed by atoms with E-state index in [0.717, 1.165) is 61.1 Å². The van der Waals surface area contributed by atoms with E-state index in [0.29, 0.717) is 27.7 Å². The number of benzene rings is 1. The molecule has 0 aliphatic heterocycles. The fourth-order valence-electron chi connectivity index (χ4n) is 9.95. The van der Waals surface area contributed by atoms with Crippen LogP contribution in [-0.4, -0.2) is 21.2 Å². The first-order valence-electron chi connectivity index (χ1n) is 14.5. The van der Waals surface area contributed by atoms with Crippen LogP contribution in [0.2, 0.25) is 0 Å². The molecule has 9 atom stereocenters. The standard InChI is InChI=1S/C31H42F2N2O/c1-18(4-9-29-34-17-19-14-26(32)27(33)16-28(19)35-29)23-7-8-24-22-6-5-20-15-21(36)10-12-30(20,2)25(22)11-13-31(23,24)3/h14,16-18,20-25,36H,4-13,15H2,1-3H3/t18-,20?,21-,22?,23?,24?,25?,30?,31?/m1/s1. The normalized spacial score (nSPS) is 40.9. The summed E-state index contributed by atoms with van der Waals surface area (Å²) in [7, 11) is 0. The van der Waals surface area contributed by atoms with Gasteiger partial charge in [0.2, 0.25) is 0 Å². The molecule has 1 aromatic carbocycles. The first-order valence-corrected chi connectivity index (χ1v) is 14.5. The zero-order chi connectivity index (χ0) is 25.2. The van der Waals surface area contributed by atoms with Gasteiger partial charge in [-0.05, 0) is 117 Å². The van der Waals surface area contributed by atoms with Gasteiger partial charge < -0.3 is 5.11 Å². The number of rotatable bonds is 4. The van der Waals surface area contributed by atoms with E-state index in [1.165, 1.54) is 57.1 Å². The van der Waals surface area contributed by atoms with Crippen molar-refractivity contribution >= 4 is 10.9 Å². The molecule has 196 valence electrons. The molecule has 2 aromatic rings. The molecule has 3 nitrogen and oxygen atoms in total. The highest BCUT2D eigenvalue weighted by Crippen LogP contribution is 2.68. The van der Waals surface area contributed by atoms with Crippen LogP contribution >= 0.6 is 0 Å². The first kappa shape index (κ1) is 24.7. The van der Waals surface area contributed by atoms with Crippen molar-refractivity contribution in [1.82, 2.24) is 9.97 Å². The van der Waals surface area contributed by atoms with Crippen LogP contribution < -0.4 is 0 Å². The maximum absolute atomic E-state index is 13.7. The minimum atomic E-state index is -0.853. The van der Waals surface area contributed by atoms with Crippen LogP contribution in [0.15, 0.2) is 18.3 Å². The SMILES string of the molecule is C[C@H](CCc1ncc2cc(F)c(F)cc2n1)C1CCC2C3CCC4C[C@H](O)CCC4(C)C3CCC21C. The Hall–Kier alpha value is -1.62. The summed E-state index contributed by atoms with van der Waals surface area (Å²) >= 11 is 0. The molecule has 1 aromatic heterocycles. The lowest BCUT2D eigenvalue weighted by atomic mass is 9.44. The van der Waals surface area contributed by atoms with Gasteiger partial charge in [-0.3, -0.25) is 0 Å². The molecule has 4 aliphatic carbocycles. The van der Waals surface area contributed by atoms with E-state index < -0.39 is 11.6 Å². The molecule has 0 saturated heterocycles. The third-order valence-corrected chi connectivity index (χ3v) is 11.9. The Bertz CT molecular complexity index is 1140. The van der Waals surface area contributed by atoms with Gasteiger partial charge >= 0.3 is 0 Å². The van der Waals surface area contributed by atoms with Crippen molar-refractivity contribution in [2.75, 3.05) is 0 Å². The second kappa shape index (κ2) is 8.99. The van der Waals surface area contributed by atoms with Crippen molar-refractivity contribution in [2.45, 2.75) is 97.5 Å². The number of hydrogen-bond acceptors (Lipinski definition) is 3. The van der Waals surface area contributed by atoms with Crippen LogP contribution in [0.1, 0.15) is 90.8 Å². The van der Waals surface area contributed by atoms with Crippen LogP contribution in [0.5, 0.6) is 0 Å². The van der Waals surface area contributed by atoms with Crippen LogP contribution in [0, 0.1) is 58.0 Å². The number of nitrogens with zero attached hydrogens (tertiary/aromatic N) is 2. The van der Waals surface area contributed by atoms with Gasteiger partial charge in [-0.15, -0.1) is 0 Å². The molecule has 4 fully saturated rings. The molecule has 6 rings (SSSR count). The predicted octanol–water partition coefficient (Wildman–Crippen LogP) is 7.50. The highest BCUT2D eigenvalue weighted by atomic mass is 19.2. The lowest BCUT2D eigenvalue weighted by Crippen LogP contribution is -2.54. The Morgan fingerprint density at radius 1 is 0.972 bits per heavy atom. The number of aryl methyl sites for hydroxylation is 1. The van der Waals surface area contributed by atoms with Gasteiger partial charge in [0, 0.05) is 24.1 Å². The number of aliphatic hydroxyl groups is 1. The Morgan fingerprint density at radius 3 is 2.56 bits per heavy atom. The summed E-state index contributed by atoms with van der Waals surface area (Å²) < 4.78 is 27.2. The third-order valence-electron chi connectivity index (χ3n) is 11.9. The van der Waals surface area contributed by atoms with Crippen LogP contribution in [-0.2, 0) is 6.42 Å². The van der Waals surface area contributed by atoms with Gasteiger partial charge in [-0.1, -0.05) is 20.8 Å². The highest BCUT2D eigenvalue weighted by Gasteiger charge is 2.60. The number of halogens is 2. The van der Waals surface area contributed by atoms with Crippen LogP contribution in [0.4, 0.5) is 8.78 Å². The minimum absolute atomic E-state index is 0.0723. The number of aromatic nitrogens is 2. The molecule has 0 spiro atoms. The molecule has 0 radical (unpaired) electrons. The molecule has 36 heavy (non-hydrogen) atoms. The van der Waals surface area contributed by atoms with E-state index >= 15 is 0 Å². The summed E-state index contributed by atoms with van der Waals surface area (Å²) in [5, 5.41) is 10.9. The molecular formula is C31H42F2N2O. The van der Waals surface area contributed by atoms with Crippen molar-refractivity contribution in [2.24, 2.45) is 46.3 Å². The smallest absolute Gasteiger partial charge is 0.161 e.